The number of carbonyl (C=O) groups is 1. The molecule has 31 heteroatoms. The van der Waals surface area contributed by atoms with E-state index in [9.17, 15) is 43.9 Å². The summed E-state index contributed by atoms with van der Waals surface area (Å²) in [7, 11) is -8.30. The van der Waals surface area contributed by atoms with Crippen LogP contribution in [0.5, 0.6) is 28.7 Å². The van der Waals surface area contributed by atoms with E-state index in [1.165, 1.54) is 91.8 Å². The summed E-state index contributed by atoms with van der Waals surface area (Å²) in [5.74, 6) is 2.59. The van der Waals surface area contributed by atoms with Gasteiger partial charge in [-0.3, -0.25) is 4.57 Å². The molecule has 26 nitrogen and oxygen atoms in total. The zero-order valence-electron chi connectivity index (χ0n) is 68.7. The highest BCUT2D eigenvalue weighted by atomic mass is 32.2. The van der Waals surface area contributed by atoms with E-state index in [0.29, 0.717) is 89.7 Å². The van der Waals surface area contributed by atoms with Gasteiger partial charge in [-0.15, -0.1) is 0 Å². The molecule has 0 bridgehead atoms. The Kier molecular flexibility index (Phi) is 23.1. The van der Waals surface area contributed by atoms with Crippen LogP contribution in [-0.2, 0) is 30.1 Å². The van der Waals surface area contributed by atoms with Crippen molar-refractivity contribution in [2.45, 2.75) is 21.6 Å². The van der Waals surface area contributed by atoms with Crippen molar-refractivity contribution in [1.29, 1.82) is 0 Å². The van der Waals surface area contributed by atoms with Crippen LogP contribution in [0.3, 0.4) is 0 Å². The monoisotopic (exact) mass is 1780 g/mol. The number of oxazole rings is 3. The fraction of sp³-hybridized carbons (Fsp3) is 0.0303. The number of carbonyl (C=O) groups excluding carboxylic acids is 1. The predicted molar refractivity (Wildman–Crippen MR) is 486 cm³/mol. The summed E-state index contributed by atoms with van der Waals surface area (Å²) < 4.78 is 147. The molecule has 642 valence electrons. The average Bonchev–Trinajstić information content (AvgIpc) is 1.60. The van der Waals surface area contributed by atoms with E-state index < -0.39 is 41.7 Å². The zero-order chi connectivity index (χ0) is 89.8. The zero-order valence-corrected chi connectivity index (χ0v) is 71.2. The van der Waals surface area contributed by atoms with Crippen molar-refractivity contribution >= 4 is 80.2 Å². The molecule has 130 heavy (non-hydrogen) atoms. The van der Waals surface area contributed by atoms with Crippen molar-refractivity contribution in [3.8, 4) is 119 Å². The number of phenols is 1. The van der Waals surface area contributed by atoms with Crippen LogP contribution in [0.4, 0.5) is 13.6 Å². The number of pyridine rings is 4. The van der Waals surface area contributed by atoms with Crippen molar-refractivity contribution < 1.29 is 71.1 Å². The quantitative estimate of drug-likeness (QED) is 0.0834. The fourth-order valence-electron chi connectivity index (χ4n) is 14.7. The second kappa shape index (κ2) is 35.7. The highest BCUT2D eigenvalue weighted by molar-refractivity contribution is 7.90. The Morgan fingerprint density at radius 1 is 0.385 bits per heavy atom. The van der Waals surface area contributed by atoms with Gasteiger partial charge in [-0.2, -0.15) is 0 Å². The lowest BCUT2D eigenvalue weighted by molar-refractivity contribution is 0.220. The number of ether oxygens (including phenoxy) is 2. The van der Waals surface area contributed by atoms with Crippen LogP contribution < -0.4 is 9.47 Å². The van der Waals surface area contributed by atoms with Gasteiger partial charge in [0.15, 0.2) is 29.1 Å². The van der Waals surface area contributed by atoms with Gasteiger partial charge in [0.25, 0.3) is 30.1 Å². The van der Waals surface area contributed by atoms with Gasteiger partial charge < -0.3 is 37.1 Å². The lowest BCUT2D eigenvalue weighted by Crippen LogP contribution is -2.26. The highest BCUT2D eigenvalue weighted by Gasteiger charge is 2.30. The maximum absolute atomic E-state index is 14.3. The number of fused-ring (bicyclic) bond motifs is 4. The lowest BCUT2D eigenvalue weighted by Gasteiger charge is -2.12. The Morgan fingerprint density at radius 2 is 0.785 bits per heavy atom. The molecular weight excluding hydrogens is 1720 g/mol. The summed E-state index contributed by atoms with van der Waals surface area (Å²) >= 11 is 0. The average molecular weight is 1790 g/mol. The molecule has 1 N–H and O–H groups in total. The smallest absolute Gasteiger partial charge is 0.329 e. The van der Waals surface area contributed by atoms with E-state index in [-0.39, 0.29) is 49.2 Å². The molecule has 1 amide bonds. The fourth-order valence-corrected chi connectivity index (χ4v) is 18.7. The largest absolute Gasteiger partial charge is 0.507 e. The number of halogens is 2. The van der Waals surface area contributed by atoms with Gasteiger partial charge in [0.05, 0.1) is 56.4 Å². The Bertz CT molecular complexity index is 8080. The molecule has 12 aromatic heterocycles. The second-order valence-electron chi connectivity index (χ2n) is 29.4. The number of aryl methyl sites for hydroxylation is 1. The number of aromatic nitrogens is 11. The number of hydrogen-bond acceptors (Lipinski definition) is 21. The number of nitrogens with zero attached hydrogens (tertiary/aromatic N) is 12. The summed E-state index contributed by atoms with van der Waals surface area (Å²) in [6, 6.07) is 78.0. The molecule has 0 spiro atoms. The van der Waals surface area contributed by atoms with Gasteiger partial charge in [0.2, 0.25) is 11.8 Å². The number of benzene rings is 9. The number of rotatable bonds is 18. The molecule has 0 saturated carbocycles. The number of amides is 1. The first-order valence-corrected chi connectivity index (χ1v) is 44.3. The molecule has 0 aliphatic rings. The minimum Gasteiger partial charge on any atom is -0.507 e. The lowest BCUT2D eigenvalue weighted by atomic mass is 10.0. The van der Waals surface area contributed by atoms with Crippen molar-refractivity contribution in [2.24, 2.45) is 0 Å². The van der Waals surface area contributed by atoms with Crippen LogP contribution in [-0.4, -0.2) is 107 Å². The van der Waals surface area contributed by atoms with Crippen molar-refractivity contribution in [3.63, 3.8) is 0 Å². The third-order valence-electron chi connectivity index (χ3n) is 20.9. The summed E-state index contributed by atoms with van der Waals surface area (Å²) in [6.07, 6.45) is 22.7. The van der Waals surface area contributed by atoms with Crippen LogP contribution in [0.2, 0.25) is 0 Å². The number of para-hydroxylation sites is 5. The Hall–Kier alpha value is -16.8. The first kappa shape index (κ1) is 84.1. The molecule has 21 rings (SSSR count). The topological polar surface area (TPSA) is 324 Å². The van der Waals surface area contributed by atoms with Crippen molar-refractivity contribution in [1.82, 2.24) is 56.3 Å². The van der Waals surface area contributed by atoms with Gasteiger partial charge in [0, 0.05) is 152 Å². The van der Waals surface area contributed by atoms with Crippen molar-refractivity contribution in [2.75, 3.05) is 14.1 Å². The minimum atomic E-state index is -3.97. The maximum Gasteiger partial charge on any atom is 0.329 e. The first-order valence-electron chi connectivity index (χ1n) is 39.9. The summed E-state index contributed by atoms with van der Waals surface area (Å²) in [5, 5.41) is 12.6. The molecule has 21 aromatic rings. The summed E-state index contributed by atoms with van der Waals surface area (Å²) in [4.78, 5) is 45.3. The Labute approximate surface area is 740 Å². The van der Waals surface area contributed by atoms with Gasteiger partial charge in [-0.05, 0) is 128 Å². The first-order chi connectivity index (χ1) is 63.1. The SMILES string of the molecule is Cc1ncoc1-c1cn(C(=O)N(C)C)c2ncc(-c3ccccc3Oc3ccccc3)cc12.O=S(=O)(c1ccccc1)n1cc(-c2ccoc2)c2cc(-c3ccccc3O)cnc21.O=S(=O)(c1ccccc1)n1cc(-c2ncco2)c2cc(-c3ccc(F)cc3F)cnc21.O=S(=O)(c1ccccc1)n1cc(-c2ncco2)c2cc(-c3ccccc3Oc3ccccc3)cnc21. The molecular formula is C99H70F2N12O14S3. The van der Waals surface area contributed by atoms with Crippen LogP contribution in [0.1, 0.15) is 5.69 Å². The molecule has 12 heterocycles. The second-order valence-corrected chi connectivity index (χ2v) is 34.8. The number of phenolic OH excluding ortho intramolecular Hbond substituents is 1. The standard InChI is InChI=1S/C28H19N3O4S.C26H22N4O3.C23H16N2O4S.C22H13F2N3O3S/c32-36(33,22-11-5-2-6-12-22)31-19-25(28-29-15-16-34-28)24-17-20(18-30-27(24)31)23-13-7-8-14-26(23)35-21-9-3-1-4-10-21;1-17-24(32-16-28-17)22-15-30(26(31)29(2)3)25-21(22)13-18(14-27-25)20-11-7-8-12-23(20)33-19-9-5-4-6-10-19;26-22-9-5-4-8-19(22)17-12-20-21(16-10-11-29-15-16)14-25(23(20)24-13-17)30(27,28)18-6-2-1-3-7-18;23-15-6-7-17(20(24)11-15)14-10-18-19(22-25-8-9-30-22)13-27(21(18)26-12-14)31(28,29)16-4-2-1-3-5-16/h1-19H;4-16H,1-3H3;1-15,26H;1-13H. The van der Waals surface area contributed by atoms with E-state index in [4.69, 9.17) is 27.1 Å². The number of aromatic hydroxyl groups is 1. The third-order valence-corrected chi connectivity index (χ3v) is 25.9. The van der Waals surface area contributed by atoms with Crippen LogP contribution in [0, 0.1) is 18.6 Å². The van der Waals surface area contributed by atoms with E-state index in [1.807, 2.05) is 140 Å². The van der Waals surface area contributed by atoms with E-state index >= 15 is 0 Å². The van der Waals surface area contributed by atoms with Gasteiger partial charge in [-0.25, -0.2) is 85.6 Å². The number of furan rings is 1. The Balaban J connectivity index is 0.000000117. The molecule has 0 fully saturated rings. The highest BCUT2D eigenvalue weighted by Crippen LogP contribution is 2.44. The molecule has 0 radical (unpaired) electrons. The summed E-state index contributed by atoms with van der Waals surface area (Å²) in [5.41, 5.74) is 10.2. The van der Waals surface area contributed by atoms with Crippen LogP contribution in [0.15, 0.2) is 399 Å². The van der Waals surface area contributed by atoms with Gasteiger partial charge in [0.1, 0.15) is 58.6 Å². The molecule has 9 aromatic carbocycles. The van der Waals surface area contributed by atoms with Gasteiger partial charge >= 0.3 is 6.03 Å². The maximum atomic E-state index is 14.3. The van der Waals surface area contributed by atoms with Crippen LogP contribution >= 0.6 is 0 Å². The van der Waals surface area contributed by atoms with E-state index in [1.54, 1.807) is 161 Å². The minimum absolute atomic E-state index is 0.0845. The van der Waals surface area contributed by atoms with Crippen molar-refractivity contribution in [3.05, 3.63) is 384 Å². The Morgan fingerprint density at radius 3 is 1.20 bits per heavy atom. The summed E-state index contributed by atoms with van der Waals surface area (Å²) in [6.45, 7) is 1.87. The molecule has 0 saturated heterocycles. The van der Waals surface area contributed by atoms with Crippen LogP contribution in [0.25, 0.3) is 134 Å². The molecule has 0 aliphatic carbocycles. The third kappa shape index (κ3) is 16.7. The number of hydrogen-bond donors (Lipinski definition) is 1. The van der Waals surface area contributed by atoms with E-state index in [0.717, 1.165) is 66.3 Å². The predicted octanol–water partition coefficient (Wildman–Crippen LogP) is 22.2. The molecule has 0 aliphatic heterocycles. The van der Waals surface area contributed by atoms with Gasteiger partial charge in [-0.1, -0.05) is 146 Å². The molecule has 0 unspecified atom stereocenters. The van der Waals surface area contributed by atoms with E-state index in [2.05, 4.69) is 34.9 Å². The normalized spacial score (nSPS) is 11.5. The molecule has 0 atom stereocenters.